The molecule has 2 N–H and O–H groups in total. The van der Waals surface area contributed by atoms with Crippen LogP contribution in [0, 0.1) is 3.57 Å². The number of amides is 1. The summed E-state index contributed by atoms with van der Waals surface area (Å²) in [5.74, 6) is -0.383. The van der Waals surface area contributed by atoms with E-state index in [0.29, 0.717) is 5.56 Å². The van der Waals surface area contributed by atoms with Crippen LogP contribution in [0.3, 0.4) is 0 Å². The molecule has 0 saturated heterocycles. The van der Waals surface area contributed by atoms with Gasteiger partial charge in [-0.05, 0) is 70.5 Å². The highest BCUT2D eigenvalue weighted by Crippen LogP contribution is 2.33. The van der Waals surface area contributed by atoms with Crippen LogP contribution in [0.15, 0.2) is 60.7 Å². The Bertz CT molecular complexity index is 1160. The number of primary amides is 1. The van der Waals surface area contributed by atoms with E-state index < -0.39 is 0 Å². The van der Waals surface area contributed by atoms with E-state index in [9.17, 15) is 4.79 Å². The van der Waals surface area contributed by atoms with Gasteiger partial charge in [0, 0.05) is 32.0 Å². The number of carbonyl (C=O) groups is 1. The minimum atomic E-state index is -0.383. The Labute approximate surface area is 172 Å². The summed E-state index contributed by atoms with van der Waals surface area (Å²) in [6.07, 6.45) is 2.15. The summed E-state index contributed by atoms with van der Waals surface area (Å²) < 4.78 is 3.53. The molecule has 0 bridgehead atoms. The summed E-state index contributed by atoms with van der Waals surface area (Å²) in [7, 11) is 0. The highest BCUT2D eigenvalue weighted by atomic mass is 127. The van der Waals surface area contributed by atoms with Gasteiger partial charge in [0.2, 0.25) is 5.91 Å². The van der Waals surface area contributed by atoms with Crippen LogP contribution in [0.1, 0.15) is 34.8 Å². The first-order valence-electron chi connectivity index (χ1n) is 9.16. The Kier molecular flexibility index (Phi) is 4.91. The zero-order chi connectivity index (χ0) is 19.0. The Morgan fingerprint density at radius 3 is 2.56 bits per heavy atom. The fourth-order valence-corrected chi connectivity index (χ4v) is 4.44. The lowest BCUT2D eigenvalue weighted by atomic mass is 10.0. The SMILES string of the molecule is CCCc1ccc2c3c(C(N)=O)cccc3n(Cc3cccc(I)c3)c2c1. The van der Waals surface area contributed by atoms with Crippen LogP contribution in [-0.2, 0) is 13.0 Å². The van der Waals surface area contributed by atoms with Gasteiger partial charge in [-0.2, -0.15) is 0 Å². The van der Waals surface area contributed by atoms with Crippen molar-refractivity contribution in [2.24, 2.45) is 5.73 Å². The van der Waals surface area contributed by atoms with Crippen LogP contribution >= 0.6 is 22.6 Å². The Morgan fingerprint density at radius 1 is 1.00 bits per heavy atom. The number of nitrogens with two attached hydrogens (primary N) is 1. The van der Waals surface area contributed by atoms with Crippen LogP contribution in [-0.4, -0.2) is 10.5 Å². The van der Waals surface area contributed by atoms with Crippen LogP contribution in [0.2, 0.25) is 0 Å². The molecule has 4 aromatic rings. The van der Waals surface area contributed by atoms with Crippen molar-refractivity contribution in [1.82, 2.24) is 4.57 Å². The summed E-state index contributed by atoms with van der Waals surface area (Å²) in [5, 5.41) is 2.04. The van der Waals surface area contributed by atoms with E-state index in [1.54, 1.807) is 0 Å². The van der Waals surface area contributed by atoms with Crippen LogP contribution in [0.5, 0.6) is 0 Å². The van der Waals surface area contributed by atoms with E-state index in [1.165, 1.54) is 14.7 Å². The number of nitrogens with zero attached hydrogens (tertiary/aromatic N) is 1. The molecule has 0 aliphatic carbocycles. The van der Waals surface area contributed by atoms with E-state index in [2.05, 4.69) is 82.6 Å². The van der Waals surface area contributed by atoms with Crippen LogP contribution in [0.4, 0.5) is 0 Å². The van der Waals surface area contributed by atoms with Gasteiger partial charge in [0.1, 0.15) is 0 Å². The third kappa shape index (κ3) is 3.34. The lowest BCUT2D eigenvalue weighted by Gasteiger charge is -2.09. The number of benzene rings is 3. The normalized spacial score (nSPS) is 11.3. The van der Waals surface area contributed by atoms with Gasteiger partial charge in [0.15, 0.2) is 0 Å². The zero-order valence-corrected chi connectivity index (χ0v) is 17.4. The fraction of sp³-hybridized carbons (Fsp3) is 0.174. The summed E-state index contributed by atoms with van der Waals surface area (Å²) in [6.45, 7) is 2.95. The van der Waals surface area contributed by atoms with Crippen molar-refractivity contribution in [3.05, 3.63) is 80.9 Å². The number of fused-ring (bicyclic) bond motifs is 3. The van der Waals surface area contributed by atoms with E-state index in [4.69, 9.17) is 5.73 Å². The maximum Gasteiger partial charge on any atom is 0.249 e. The Balaban J connectivity index is 2.02. The standard InChI is InChI=1S/C23H21IN2O/c1-2-5-15-10-11-18-21(13-15)26(14-16-6-3-7-17(24)12-16)20-9-4-8-19(22(18)20)23(25)27/h3-4,6-13H,2,5,14H2,1H3,(H2,25,27). The molecule has 0 fully saturated rings. The number of aromatic nitrogens is 1. The number of rotatable bonds is 5. The van der Waals surface area contributed by atoms with Crippen molar-refractivity contribution in [1.29, 1.82) is 0 Å². The number of halogens is 1. The van der Waals surface area contributed by atoms with Crippen molar-refractivity contribution >= 4 is 50.3 Å². The van der Waals surface area contributed by atoms with Crippen LogP contribution in [0.25, 0.3) is 21.8 Å². The van der Waals surface area contributed by atoms with Crippen molar-refractivity contribution in [3.63, 3.8) is 0 Å². The number of aryl methyl sites for hydroxylation is 1. The second-order valence-corrected chi connectivity index (χ2v) is 8.13. The van der Waals surface area contributed by atoms with Crippen molar-refractivity contribution in [3.8, 4) is 0 Å². The van der Waals surface area contributed by atoms with Gasteiger partial charge in [0.25, 0.3) is 0 Å². The minimum Gasteiger partial charge on any atom is -0.366 e. The topological polar surface area (TPSA) is 48.0 Å². The molecule has 0 spiro atoms. The van der Waals surface area contributed by atoms with Gasteiger partial charge >= 0.3 is 0 Å². The van der Waals surface area contributed by atoms with Gasteiger partial charge in [-0.15, -0.1) is 0 Å². The van der Waals surface area contributed by atoms with Crippen molar-refractivity contribution in [2.45, 2.75) is 26.3 Å². The third-order valence-corrected chi connectivity index (χ3v) is 5.66. The largest absolute Gasteiger partial charge is 0.366 e. The molecule has 1 heterocycles. The second-order valence-electron chi connectivity index (χ2n) is 6.88. The summed E-state index contributed by atoms with van der Waals surface area (Å²) in [6, 6.07) is 20.9. The molecule has 1 amide bonds. The van der Waals surface area contributed by atoms with Gasteiger partial charge in [0.05, 0.1) is 5.52 Å². The molecule has 4 rings (SSSR count). The molecule has 3 aromatic carbocycles. The molecule has 0 saturated carbocycles. The number of carbonyl (C=O) groups excluding carboxylic acids is 1. The molecular weight excluding hydrogens is 447 g/mol. The molecule has 3 nitrogen and oxygen atoms in total. The molecule has 0 unspecified atom stereocenters. The number of hydrogen-bond donors (Lipinski definition) is 1. The first kappa shape index (κ1) is 18.0. The lowest BCUT2D eigenvalue weighted by Crippen LogP contribution is -2.11. The maximum atomic E-state index is 12.1. The molecule has 1 aromatic heterocycles. The molecule has 136 valence electrons. The van der Waals surface area contributed by atoms with Gasteiger partial charge < -0.3 is 10.3 Å². The van der Waals surface area contributed by atoms with Crippen molar-refractivity contribution in [2.75, 3.05) is 0 Å². The lowest BCUT2D eigenvalue weighted by molar-refractivity contribution is 0.100. The molecule has 0 aliphatic heterocycles. The third-order valence-electron chi connectivity index (χ3n) is 4.99. The monoisotopic (exact) mass is 468 g/mol. The van der Waals surface area contributed by atoms with E-state index in [1.807, 2.05) is 12.1 Å². The van der Waals surface area contributed by atoms with Gasteiger partial charge in [-0.3, -0.25) is 4.79 Å². The highest BCUT2D eigenvalue weighted by molar-refractivity contribution is 14.1. The molecular formula is C23H21IN2O. The second kappa shape index (κ2) is 7.35. The van der Waals surface area contributed by atoms with Crippen LogP contribution < -0.4 is 5.73 Å². The summed E-state index contributed by atoms with van der Waals surface area (Å²) in [4.78, 5) is 12.1. The zero-order valence-electron chi connectivity index (χ0n) is 15.2. The predicted molar refractivity (Wildman–Crippen MR) is 120 cm³/mol. The van der Waals surface area contributed by atoms with Gasteiger partial charge in [-0.25, -0.2) is 0 Å². The molecule has 27 heavy (non-hydrogen) atoms. The predicted octanol–water partition coefficient (Wildman–Crippen LogP) is 5.50. The van der Waals surface area contributed by atoms with E-state index in [0.717, 1.165) is 41.2 Å². The van der Waals surface area contributed by atoms with Crippen molar-refractivity contribution < 1.29 is 4.79 Å². The summed E-state index contributed by atoms with van der Waals surface area (Å²) in [5.41, 5.74) is 11.0. The molecule has 0 radical (unpaired) electrons. The highest BCUT2D eigenvalue weighted by Gasteiger charge is 2.17. The average Bonchev–Trinajstić information content (AvgIpc) is 2.95. The maximum absolute atomic E-state index is 12.1. The quantitative estimate of drug-likeness (QED) is 0.387. The Morgan fingerprint density at radius 2 is 1.81 bits per heavy atom. The average molecular weight is 468 g/mol. The smallest absolute Gasteiger partial charge is 0.249 e. The first-order valence-corrected chi connectivity index (χ1v) is 10.2. The minimum absolute atomic E-state index is 0.383. The molecule has 0 atom stereocenters. The summed E-state index contributed by atoms with van der Waals surface area (Å²) >= 11 is 2.34. The van der Waals surface area contributed by atoms with E-state index >= 15 is 0 Å². The first-order chi connectivity index (χ1) is 13.1. The fourth-order valence-electron chi connectivity index (χ4n) is 3.83. The Hall–Kier alpha value is -2.34. The van der Waals surface area contributed by atoms with E-state index in [-0.39, 0.29) is 5.91 Å². The molecule has 4 heteroatoms. The number of hydrogen-bond acceptors (Lipinski definition) is 1. The van der Waals surface area contributed by atoms with Gasteiger partial charge in [-0.1, -0.05) is 43.7 Å². The molecule has 0 aliphatic rings.